The van der Waals surface area contributed by atoms with Crippen LogP contribution in [-0.2, 0) is 4.74 Å². The summed E-state index contributed by atoms with van der Waals surface area (Å²) in [6.45, 7) is 6.49. The summed E-state index contributed by atoms with van der Waals surface area (Å²) in [5, 5.41) is 0.966. The maximum atomic E-state index is 5.49. The van der Waals surface area contributed by atoms with Gasteiger partial charge in [-0.05, 0) is 33.6 Å². The van der Waals surface area contributed by atoms with Crippen molar-refractivity contribution in [3.8, 4) is 0 Å². The van der Waals surface area contributed by atoms with Gasteiger partial charge in [-0.25, -0.2) is 0 Å². The monoisotopic (exact) mass is 232 g/mol. The normalized spacial score (nSPS) is 27.3. The van der Waals surface area contributed by atoms with Crippen LogP contribution >= 0.6 is 15.9 Å². The van der Waals surface area contributed by atoms with Gasteiger partial charge in [0.05, 0.1) is 11.7 Å². The molecule has 1 saturated heterocycles. The second kappa shape index (κ2) is 3.93. The standard InChI is InChI=1S/C10H17BrO/c1-8(6-7-11)4-5-9-10(2,3)12-9/h6,9H,4-5,7H2,1-3H3/t9-/m0/s1. The van der Waals surface area contributed by atoms with Crippen LogP contribution in [0.2, 0.25) is 0 Å². The van der Waals surface area contributed by atoms with Crippen molar-refractivity contribution in [2.75, 3.05) is 5.33 Å². The summed E-state index contributed by atoms with van der Waals surface area (Å²) in [5.41, 5.74) is 1.62. The van der Waals surface area contributed by atoms with Gasteiger partial charge in [-0.1, -0.05) is 27.6 Å². The third-order valence-corrected chi connectivity index (χ3v) is 2.71. The number of halogens is 1. The fourth-order valence-electron chi connectivity index (χ4n) is 1.33. The fraction of sp³-hybridized carbons (Fsp3) is 0.800. The predicted molar refractivity (Wildman–Crippen MR) is 55.7 cm³/mol. The fourth-order valence-corrected chi connectivity index (χ4v) is 1.88. The van der Waals surface area contributed by atoms with E-state index in [0.717, 1.165) is 5.33 Å². The van der Waals surface area contributed by atoms with Crippen molar-refractivity contribution in [2.24, 2.45) is 0 Å². The molecule has 0 saturated carbocycles. The molecule has 1 aliphatic heterocycles. The Hall–Kier alpha value is 0.180. The summed E-state index contributed by atoms with van der Waals surface area (Å²) in [6.07, 6.45) is 5.05. The number of hydrogen-bond donors (Lipinski definition) is 0. The lowest BCUT2D eigenvalue weighted by Gasteiger charge is -1.98. The Morgan fingerprint density at radius 2 is 2.17 bits per heavy atom. The van der Waals surface area contributed by atoms with Crippen molar-refractivity contribution in [3.63, 3.8) is 0 Å². The van der Waals surface area contributed by atoms with Crippen molar-refractivity contribution in [1.82, 2.24) is 0 Å². The first kappa shape index (κ1) is 10.3. The van der Waals surface area contributed by atoms with E-state index in [2.05, 4.69) is 42.8 Å². The molecule has 0 aromatic carbocycles. The van der Waals surface area contributed by atoms with Gasteiger partial charge in [-0.2, -0.15) is 0 Å². The lowest BCUT2D eigenvalue weighted by atomic mass is 10.0. The quantitative estimate of drug-likeness (QED) is 0.412. The van der Waals surface area contributed by atoms with E-state index in [1.54, 1.807) is 0 Å². The molecule has 2 heteroatoms. The van der Waals surface area contributed by atoms with Crippen molar-refractivity contribution in [2.45, 2.75) is 45.3 Å². The number of alkyl halides is 1. The second-order valence-corrected chi connectivity index (χ2v) is 4.60. The van der Waals surface area contributed by atoms with Crippen molar-refractivity contribution >= 4 is 15.9 Å². The average Bonchev–Trinajstić information content (AvgIpc) is 2.56. The van der Waals surface area contributed by atoms with Crippen LogP contribution in [0.4, 0.5) is 0 Å². The molecule has 1 atom stereocenters. The van der Waals surface area contributed by atoms with E-state index in [0.29, 0.717) is 6.10 Å². The molecular formula is C10H17BrO. The molecule has 1 heterocycles. The summed E-state index contributed by atoms with van der Waals surface area (Å²) in [5.74, 6) is 0. The molecule has 1 rings (SSSR count). The highest BCUT2D eigenvalue weighted by Crippen LogP contribution is 2.38. The van der Waals surface area contributed by atoms with Crippen molar-refractivity contribution < 1.29 is 4.74 Å². The largest absolute Gasteiger partial charge is 0.367 e. The van der Waals surface area contributed by atoms with Gasteiger partial charge in [0.2, 0.25) is 0 Å². The number of hydrogen-bond acceptors (Lipinski definition) is 1. The summed E-state index contributed by atoms with van der Waals surface area (Å²) >= 11 is 3.39. The minimum Gasteiger partial charge on any atom is -0.367 e. The molecule has 0 aromatic heterocycles. The zero-order valence-electron chi connectivity index (χ0n) is 8.06. The molecule has 0 bridgehead atoms. The average molecular weight is 233 g/mol. The number of epoxide rings is 1. The van der Waals surface area contributed by atoms with E-state index in [1.807, 2.05) is 0 Å². The molecule has 0 N–H and O–H groups in total. The Bertz CT molecular complexity index is 184. The highest BCUT2D eigenvalue weighted by atomic mass is 79.9. The molecule has 0 unspecified atom stereocenters. The minimum atomic E-state index is 0.161. The molecule has 0 amide bonds. The molecule has 1 fully saturated rings. The van der Waals surface area contributed by atoms with Gasteiger partial charge in [0, 0.05) is 5.33 Å². The van der Waals surface area contributed by atoms with Gasteiger partial charge in [0.25, 0.3) is 0 Å². The molecule has 70 valence electrons. The topological polar surface area (TPSA) is 12.5 Å². The first-order valence-corrected chi connectivity index (χ1v) is 5.58. The van der Waals surface area contributed by atoms with Gasteiger partial charge in [-0.15, -0.1) is 0 Å². The van der Waals surface area contributed by atoms with Crippen LogP contribution in [0.3, 0.4) is 0 Å². The lowest BCUT2D eigenvalue weighted by Crippen LogP contribution is -2.02. The molecule has 12 heavy (non-hydrogen) atoms. The molecule has 0 radical (unpaired) electrons. The Kier molecular flexibility index (Phi) is 3.36. The van der Waals surface area contributed by atoms with Crippen LogP contribution in [0.5, 0.6) is 0 Å². The second-order valence-electron chi connectivity index (χ2n) is 3.95. The minimum absolute atomic E-state index is 0.161. The number of ether oxygens (including phenoxy) is 1. The van der Waals surface area contributed by atoms with E-state index in [4.69, 9.17) is 4.74 Å². The van der Waals surface area contributed by atoms with Crippen molar-refractivity contribution in [3.05, 3.63) is 11.6 Å². The number of rotatable bonds is 4. The molecule has 1 nitrogen and oxygen atoms in total. The first-order chi connectivity index (χ1) is 5.56. The van der Waals surface area contributed by atoms with Crippen LogP contribution in [0.15, 0.2) is 11.6 Å². The lowest BCUT2D eigenvalue weighted by molar-refractivity contribution is 0.320. The molecule has 0 aromatic rings. The number of allylic oxidation sites excluding steroid dienone is 2. The third-order valence-electron chi connectivity index (χ3n) is 2.39. The van der Waals surface area contributed by atoms with Crippen LogP contribution in [0, 0.1) is 0 Å². The maximum absolute atomic E-state index is 5.49. The highest BCUT2D eigenvalue weighted by molar-refractivity contribution is 9.09. The zero-order valence-corrected chi connectivity index (χ0v) is 9.65. The molecule has 0 aliphatic carbocycles. The Morgan fingerprint density at radius 3 is 2.58 bits per heavy atom. The van der Waals surface area contributed by atoms with E-state index >= 15 is 0 Å². The summed E-state index contributed by atoms with van der Waals surface area (Å²) in [6, 6.07) is 0. The molecule has 0 spiro atoms. The van der Waals surface area contributed by atoms with Gasteiger partial charge in [0.15, 0.2) is 0 Å². The summed E-state index contributed by atoms with van der Waals surface area (Å²) in [7, 11) is 0. The molecule has 1 aliphatic rings. The smallest absolute Gasteiger partial charge is 0.0892 e. The van der Waals surface area contributed by atoms with E-state index < -0.39 is 0 Å². The molecular weight excluding hydrogens is 216 g/mol. The van der Waals surface area contributed by atoms with E-state index in [-0.39, 0.29) is 5.60 Å². The Labute approximate surface area is 83.3 Å². The Morgan fingerprint density at radius 1 is 1.58 bits per heavy atom. The Balaban J connectivity index is 2.15. The third kappa shape index (κ3) is 2.91. The predicted octanol–water partition coefficient (Wildman–Crippen LogP) is 3.29. The SMILES string of the molecule is CC(=CCBr)CC[C@@H]1OC1(C)C. The highest BCUT2D eigenvalue weighted by Gasteiger charge is 2.46. The van der Waals surface area contributed by atoms with E-state index in [1.165, 1.54) is 18.4 Å². The van der Waals surface area contributed by atoms with Gasteiger partial charge in [-0.3, -0.25) is 0 Å². The van der Waals surface area contributed by atoms with Gasteiger partial charge in [0.1, 0.15) is 0 Å². The zero-order chi connectivity index (χ0) is 9.19. The maximum Gasteiger partial charge on any atom is 0.0892 e. The van der Waals surface area contributed by atoms with Crippen LogP contribution < -0.4 is 0 Å². The van der Waals surface area contributed by atoms with Gasteiger partial charge < -0.3 is 4.74 Å². The van der Waals surface area contributed by atoms with E-state index in [9.17, 15) is 0 Å². The van der Waals surface area contributed by atoms with Crippen molar-refractivity contribution in [1.29, 1.82) is 0 Å². The van der Waals surface area contributed by atoms with Crippen LogP contribution in [-0.4, -0.2) is 17.0 Å². The summed E-state index contributed by atoms with van der Waals surface area (Å²) < 4.78 is 5.49. The first-order valence-electron chi connectivity index (χ1n) is 4.45. The van der Waals surface area contributed by atoms with Crippen LogP contribution in [0.1, 0.15) is 33.6 Å². The van der Waals surface area contributed by atoms with Gasteiger partial charge >= 0.3 is 0 Å². The van der Waals surface area contributed by atoms with Crippen LogP contribution in [0.25, 0.3) is 0 Å². The summed E-state index contributed by atoms with van der Waals surface area (Å²) in [4.78, 5) is 0.